The molecule has 0 aliphatic rings. The summed E-state index contributed by atoms with van der Waals surface area (Å²) < 4.78 is 31.8. The van der Waals surface area contributed by atoms with Crippen molar-refractivity contribution in [3.05, 3.63) is 118 Å². The van der Waals surface area contributed by atoms with E-state index in [0.29, 0.717) is 13.0 Å². The quantitative estimate of drug-likeness (QED) is 0.284. The van der Waals surface area contributed by atoms with Crippen LogP contribution in [0, 0.1) is 11.6 Å². The van der Waals surface area contributed by atoms with Gasteiger partial charge in [-0.1, -0.05) is 45.4 Å². The van der Waals surface area contributed by atoms with Crippen LogP contribution in [0.1, 0.15) is 22.7 Å². The van der Waals surface area contributed by atoms with E-state index in [4.69, 9.17) is 0 Å². The normalized spacial score (nSPS) is 12.3. The van der Waals surface area contributed by atoms with E-state index in [1.54, 1.807) is 30.5 Å². The van der Waals surface area contributed by atoms with Crippen LogP contribution in [0.5, 0.6) is 0 Å². The second kappa shape index (κ2) is 8.67. The molecule has 0 radical (unpaired) electrons. The third-order valence-electron chi connectivity index (χ3n) is 5.60. The Kier molecular flexibility index (Phi) is 5.57. The van der Waals surface area contributed by atoms with E-state index in [1.165, 1.54) is 24.3 Å². The second-order valence-corrected chi connectivity index (χ2v) is 8.65. The molecule has 1 atom stereocenters. The molecule has 0 saturated heterocycles. The lowest BCUT2D eigenvalue weighted by molar-refractivity contribution is 0.504. The van der Waals surface area contributed by atoms with Gasteiger partial charge in [0.2, 0.25) is 0 Å². The predicted molar refractivity (Wildman–Crippen MR) is 123 cm³/mol. The van der Waals surface area contributed by atoms with Crippen molar-refractivity contribution >= 4 is 26.8 Å². The Bertz CT molecular complexity index is 1340. The number of nitrogens with zero attached hydrogens (tertiary/aromatic N) is 4. The van der Waals surface area contributed by atoms with Gasteiger partial charge in [0.1, 0.15) is 11.6 Å². The van der Waals surface area contributed by atoms with Crippen LogP contribution in [0.25, 0.3) is 10.9 Å². The van der Waals surface area contributed by atoms with Gasteiger partial charge in [-0.25, -0.2) is 13.5 Å². The molecule has 160 valence electrons. The molecule has 1 unspecified atom stereocenters. The average molecular weight is 493 g/mol. The van der Waals surface area contributed by atoms with Gasteiger partial charge in [0.05, 0.1) is 12.2 Å². The molecule has 0 amide bonds. The van der Waals surface area contributed by atoms with E-state index in [1.807, 2.05) is 16.9 Å². The van der Waals surface area contributed by atoms with E-state index in [0.717, 1.165) is 32.1 Å². The van der Waals surface area contributed by atoms with Crippen LogP contribution in [0.4, 0.5) is 8.78 Å². The maximum atomic E-state index is 13.4. The second-order valence-electron chi connectivity index (χ2n) is 7.73. The van der Waals surface area contributed by atoms with E-state index in [-0.39, 0.29) is 17.7 Å². The number of aromatic nitrogens is 4. The van der Waals surface area contributed by atoms with Crippen LogP contribution in [0.15, 0.2) is 89.8 Å². The first kappa shape index (κ1) is 20.6. The molecular formula is C25H19BrF2N4. The van der Waals surface area contributed by atoms with E-state index >= 15 is 0 Å². The van der Waals surface area contributed by atoms with Crippen molar-refractivity contribution in [2.45, 2.75) is 19.0 Å². The van der Waals surface area contributed by atoms with Crippen molar-refractivity contribution in [3.63, 3.8) is 0 Å². The monoisotopic (exact) mass is 492 g/mol. The van der Waals surface area contributed by atoms with Crippen LogP contribution >= 0.6 is 15.9 Å². The molecular weight excluding hydrogens is 474 g/mol. The maximum Gasteiger partial charge on any atom is 0.123 e. The summed E-state index contributed by atoms with van der Waals surface area (Å²) in [7, 11) is 0. The first-order valence-corrected chi connectivity index (χ1v) is 11.0. The summed E-state index contributed by atoms with van der Waals surface area (Å²) in [5, 5.41) is 9.36. The minimum atomic E-state index is -0.258. The zero-order valence-electron chi connectivity index (χ0n) is 17.0. The summed E-state index contributed by atoms with van der Waals surface area (Å²) in [6.07, 6.45) is 6.25. The van der Waals surface area contributed by atoms with E-state index in [2.05, 4.69) is 49.1 Å². The van der Waals surface area contributed by atoms with Crippen molar-refractivity contribution < 1.29 is 8.78 Å². The highest BCUT2D eigenvalue weighted by Gasteiger charge is 2.21. The zero-order chi connectivity index (χ0) is 22.1. The van der Waals surface area contributed by atoms with Crippen LogP contribution < -0.4 is 0 Å². The minimum absolute atomic E-state index is 0.130. The number of hydrogen-bond acceptors (Lipinski definition) is 2. The molecule has 0 saturated carbocycles. The maximum absolute atomic E-state index is 13.4. The van der Waals surface area contributed by atoms with Gasteiger partial charge in [-0.3, -0.25) is 0 Å². The topological polar surface area (TPSA) is 35.6 Å². The minimum Gasteiger partial charge on any atom is -0.343 e. The average Bonchev–Trinajstić information content (AvgIpc) is 3.44. The molecule has 0 N–H and O–H groups in total. The van der Waals surface area contributed by atoms with Gasteiger partial charge < -0.3 is 4.57 Å². The van der Waals surface area contributed by atoms with Gasteiger partial charge in [-0.15, -0.1) is 5.10 Å². The van der Waals surface area contributed by atoms with Gasteiger partial charge in [0, 0.05) is 39.9 Å². The third kappa shape index (κ3) is 4.21. The molecule has 0 bridgehead atoms. The largest absolute Gasteiger partial charge is 0.343 e. The highest BCUT2D eigenvalue weighted by Crippen LogP contribution is 2.33. The Labute approximate surface area is 192 Å². The van der Waals surface area contributed by atoms with Crippen LogP contribution in [0.3, 0.4) is 0 Å². The SMILES string of the molecule is Fc1ccc(CC(c2cn(Cc3ccc(F)cc3)c3ccc(Br)cc23)n2ccnn2)cc1. The molecule has 4 nitrogen and oxygen atoms in total. The highest BCUT2D eigenvalue weighted by molar-refractivity contribution is 9.10. The van der Waals surface area contributed by atoms with Crippen LogP contribution in [-0.2, 0) is 13.0 Å². The van der Waals surface area contributed by atoms with Crippen molar-refractivity contribution in [1.82, 2.24) is 19.6 Å². The zero-order valence-corrected chi connectivity index (χ0v) is 18.6. The van der Waals surface area contributed by atoms with Crippen molar-refractivity contribution in [1.29, 1.82) is 0 Å². The Morgan fingerprint density at radius 3 is 2.22 bits per heavy atom. The van der Waals surface area contributed by atoms with Gasteiger partial charge >= 0.3 is 0 Å². The molecule has 0 fully saturated rings. The fraction of sp³-hybridized carbons (Fsp3) is 0.120. The Hall–Kier alpha value is -3.32. The summed E-state index contributed by atoms with van der Waals surface area (Å²) >= 11 is 3.60. The van der Waals surface area contributed by atoms with E-state index in [9.17, 15) is 8.78 Å². The molecule has 5 rings (SSSR count). The van der Waals surface area contributed by atoms with Crippen molar-refractivity contribution in [3.8, 4) is 0 Å². The lowest BCUT2D eigenvalue weighted by atomic mass is 9.98. The number of halogens is 3. The third-order valence-corrected chi connectivity index (χ3v) is 6.10. The Morgan fingerprint density at radius 2 is 1.56 bits per heavy atom. The number of rotatable bonds is 6. The Morgan fingerprint density at radius 1 is 0.875 bits per heavy atom. The van der Waals surface area contributed by atoms with Crippen LogP contribution in [0.2, 0.25) is 0 Å². The molecule has 32 heavy (non-hydrogen) atoms. The first-order chi connectivity index (χ1) is 15.6. The summed E-state index contributed by atoms with van der Waals surface area (Å²) in [4.78, 5) is 0. The number of benzene rings is 3. The molecule has 2 aromatic heterocycles. The fourth-order valence-electron chi connectivity index (χ4n) is 4.05. The summed E-state index contributed by atoms with van der Waals surface area (Å²) in [6, 6.07) is 19.1. The van der Waals surface area contributed by atoms with Gasteiger partial charge in [-0.2, -0.15) is 0 Å². The molecule has 5 aromatic rings. The summed E-state index contributed by atoms with van der Waals surface area (Å²) in [5.41, 5.74) is 4.16. The molecule has 7 heteroatoms. The standard InChI is InChI=1S/C25H19BrF2N4/c26-19-5-10-24-22(14-19)23(16-31(24)15-18-3-8-21(28)9-4-18)25(32-12-11-29-30-32)13-17-1-6-20(27)7-2-17/h1-12,14,16,25H,13,15H2. The molecule has 0 spiro atoms. The first-order valence-electron chi connectivity index (χ1n) is 10.2. The fourth-order valence-corrected chi connectivity index (χ4v) is 4.41. The smallest absolute Gasteiger partial charge is 0.123 e. The highest BCUT2D eigenvalue weighted by atomic mass is 79.9. The summed E-state index contributed by atoms with van der Waals surface area (Å²) in [6.45, 7) is 0.610. The Balaban J connectivity index is 1.61. The van der Waals surface area contributed by atoms with Crippen molar-refractivity contribution in [2.24, 2.45) is 0 Å². The lowest BCUT2D eigenvalue weighted by Crippen LogP contribution is -2.14. The van der Waals surface area contributed by atoms with Gasteiger partial charge in [0.15, 0.2) is 0 Å². The predicted octanol–water partition coefficient (Wildman–Crippen LogP) is 6.15. The van der Waals surface area contributed by atoms with Gasteiger partial charge in [0.25, 0.3) is 0 Å². The van der Waals surface area contributed by atoms with Crippen LogP contribution in [-0.4, -0.2) is 19.6 Å². The van der Waals surface area contributed by atoms with Gasteiger partial charge in [-0.05, 0) is 60.0 Å². The molecule has 0 aliphatic heterocycles. The lowest BCUT2D eigenvalue weighted by Gasteiger charge is -2.17. The molecule has 0 aliphatic carbocycles. The number of fused-ring (bicyclic) bond motifs is 1. The summed E-state index contributed by atoms with van der Waals surface area (Å²) in [5.74, 6) is -0.507. The number of hydrogen-bond donors (Lipinski definition) is 0. The molecule has 3 aromatic carbocycles. The van der Waals surface area contributed by atoms with E-state index < -0.39 is 0 Å². The molecule has 2 heterocycles. The van der Waals surface area contributed by atoms with Crippen molar-refractivity contribution in [2.75, 3.05) is 0 Å².